The lowest BCUT2D eigenvalue weighted by Gasteiger charge is -2.13. The van der Waals surface area contributed by atoms with Crippen molar-refractivity contribution in [3.63, 3.8) is 0 Å². The van der Waals surface area contributed by atoms with Crippen molar-refractivity contribution < 1.29 is 22.6 Å². The number of aryl methyl sites for hydroxylation is 1. The van der Waals surface area contributed by atoms with Crippen molar-refractivity contribution in [3.8, 4) is 5.75 Å². The first-order valence-corrected chi connectivity index (χ1v) is 7.00. The molecular weight excluding hydrogens is 283 g/mol. The highest BCUT2D eigenvalue weighted by Gasteiger charge is 2.27. The normalized spacial score (nSPS) is 11.7. The SMILES string of the molecule is CCCNCc1cc(C)ccc1OCCOCC(F)(F)F. The van der Waals surface area contributed by atoms with Gasteiger partial charge in [-0.15, -0.1) is 0 Å². The van der Waals surface area contributed by atoms with Crippen LogP contribution in [0.25, 0.3) is 0 Å². The standard InChI is InChI=1S/C15H22F3NO2/c1-3-6-19-10-13-9-12(2)4-5-14(13)21-8-7-20-11-15(16,17)18/h4-5,9,19H,3,6-8,10-11H2,1-2H3. The van der Waals surface area contributed by atoms with Crippen LogP contribution in [0.1, 0.15) is 24.5 Å². The molecule has 0 saturated heterocycles. The predicted octanol–water partition coefficient (Wildman–Crippen LogP) is 3.45. The van der Waals surface area contributed by atoms with Gasteiger partial charge in [0.05, 0.1) is 6.61 Å². The maximum absolute atomic E-state index is 11.9. The molecule has 0 amide bonds. The second-order valence-corrected chi connectivity index (χ2v) is 4.80. The first kappa shape index (κ1) is 17.8. The van der Waals surface area contributed by atoms with E-state index in [-0.39, 0.29) is 13.2 Å². The Labute approximate surface area is 123 Å². The quantitative estimate of drug-likeness (QED) is 0.709. The molecule has 0 aliphatic heterocycles. The van der Waals surface area contributed by atoms with Crippen LogP contribution in [-0.2, 0) is 11.3 Å². The summed E-state index contributed by atoms with van der Waals surface area (Å²) in [5, 5.41) is 3.28. The van der Waals surface area contributed by atoms with Crippen LogP contribution in [0.5, 0.6) is 5.75 Å². The molecule has 1 aromatic rings. The molecule has 0 aliphatic rings. The number of halogens is 3. The van der Waals surface area contributed by atoms with Crippen molar-refractivity contribution in [3.05, 3.63) is 29.3 Å². The minimum atomic E-state index is -4.29. The van der Waals surface area contributed by atoms with Gasteiger partial charge >= 0.3 is 6.18 Å². The highest BCUT2D eigenvalue weighted by Crippen LogP contribution is 2.20. The van der Waals surface area contributed by atoms with Gasteiger partial charge in [-0.1, -0.05) is 24.6 Å². The van der Waals surface area contributed by atoms with Gasteiger partial charge in [0, 0.05) is 12.1 Å². The van der Waals surface area contributed by atoms with Gasteiger partial charge in [0.1, 0.15) is 19.0 Å². The summed E-state index contributed by atoms with van der Waals surface area (Å²) in [5.41, 5.74) is 2.11. The molecule has 0 aromatic heterocycles. The van der Waals surface area contributed by atoms with E-state index in [1.54, 1.807) is 0 Å². The fraction of sp³-hybridized carbons (Fsp3) is 0.600. The minimum absolute atomic E-state index is 0.0881. The van der Waals surface area contributed by atoms with E-state index >= 15 is 0 Å². The van der Waals surface area contributed by atoms with E-state index in [4.69, 9.17) is 4.74 Å². The maximum Gasteiger partial charge on any atom is 0.411 e. The van der Waals surface area contributed by atoms with E-state index in [9.17, 15) is 13.2 Å². The third kappa shape index (κ3) is 7.92. The van der Waals surface area contributed by atoms with E-state index < -0.39 is 12.8 Å². The number of alkyl halides is 3. The Balaban J connectivity index is 2.42. The van der Waals surface area contributed by atoms with Gasteiger partial charge in [-0.05, 0) is 26.0 Å². The fourth-order valence-electron chi connectivity index (χ4n) is 1.79. The van der Waals surface area contributed by atoms with Gasteiger partial charge in [-0.25, -0.2) is 0 Å². The Kier molecular flexibility index (Phi) is 7.53. The van der Waals surface area contributed by atoms with Crippen LogP contribution in [0, 0.1) is 6.92 Å². The smallest absolute Gasteiger partial charge is 0.411 e. The van der Waals surface area contributed by atoms with E-state index in [2.05, 4.69) is 17.0 Å². The Morgan fingerprint density at radius 1 is 1.19 bits per heavy atom. The summed E-state index contributed by atoms with van der Waals surface area (Å²) in [5.74, 6) is 0.680. The van der Waals surface area contributed by atoms with Crippen LogP contribution >= 0.6 is 0 Å². The molecule has 0 spiro atoms. The van der Waals surface area contributed by atoms with Crippen LogP contribution < -0.4 is 10.1 Å². The first-order chi connectivity index (χ1) is 9.92. The van der Waals surface area contributed by atoms with E-state index in [0.717, 1.165) is 24.1 Å². The number of hydrogen-bond donors (Lipinski definition) is 1. The van der Waals surface area contributed by atoms with E-state index in [1.807, 2.05) is 25.1 Å². The minimum Gasteiger partial charge on any atom is -0.491 e. The number of benzene rings is 1. The van der Waals surface area contributed by atoms with Crippen LogP contribution in [0.2, 0.25) is 0 Å². The second-order valence-electron chi connectivity index (χ2n) is 4.80. The average molecular weight is 305 g/mol. The monoisotopic (exact) mass is 305 g/mol. The largest absolute Gasteiger partial charge is 0.491 e. The fourth-order valence-corrected chi connectivity index (χ4v) is 1.79. The van der Waals surface area contributed by atoms with Gasteiger partial charge in [0.25, 0.3) is 0 Å². The average Bonchev–Trinajstić information content (AvgIpc) is 2.39. The van der Waals surface area contributed by atoms with Crippen molar-refractivity contribution in [1.82, 2.24) is 5.32 Å². The van der Waals surface area contributed by atoms with Gasteiger partial charge in [-0.3, -0.25) is 0 Å². The number of rotatable bonds is 9. The number of hydrogen-bond acceptors (Lipinski definition) is 3. The van der Waals surface area contributed by atoms with Crippen molar-refractivity contribution in [2.45, 2.75) is 33.0 Å². The molecule has 1 N–H and O–H groups in total. The highest BCUT2D eigenvalue weighted by molar-refractivity contribution is 5.36. The Bertz CT molecular complexity index is 422. The molecule has 0 unspecified atom stereocenters. The molecule has 1 rings (SSSR count). The molecule has 0 bridgehead atoms. The molecule has 0 aliphatic carbocycles. The zero-order chi connectivity index (χ0) is 15.7. The molecule has 0 atom stereocenters. The lowest BCUT2D eigenvalue weighted by atomic mass is 10.1. The first-order valence-electron chi connectivity index (χ1n) is 7.00. The van der Waals surface area contributed by atoms with Gasteiger partial charge in [0.15, 0.2) is 0 Å². The maximum atomic E-state index is 11.9. The number of nitrogens with one attached hydrogen (secondary N) is 1. The summed E-state index contributed by atoms with van der Waals surface area (Å²) in [4.78, 5) is 0. The lowest BCUT2D eigenvalue weighted by Crippen LogP contribution is -2.20. The van der Waals surface area contributed by atoms with Crippen LogP contribution in [0.15, 0.2) is 18.2 Å². The van der Waals surface area contributed by atoms with Gasteiger partial charge in [-0.2, -0.15) is 13.2 Å². The molecule has 0 radical (unpaired) electrons. The Morgan fingerprint density at radius 2 is 1.95 bits per heavy atom. The van der Waals surface area contributed by atoms with E-state index in [0.29, 0.717) is 12.3 Å². The molecular formula is C15H22F3NO2. The summed E-state index contributed by atoms with van der Waals surface area (Å²) in [6.45, 7) is 4.42. The third-order valence-electron chi connectivity index (χ3n) is 2.71. The second kappa shape index (κ2) is 8.89. The predicted molar refractivity (Wildman–Crippen MR) is 75.5 cm³/mol. The summed E-state index contributed by atoms with van der Waals surface area (Å²) < 4.78 is 45.8. The molecule has 0 saturated carbocycles. The zero-order valence-electron chi connectivity index (χ0n) is 12.4. The lowest BCUT2D eigenvalue weighted by molar-refractivity contribution is -0.175. The van der Waals surface area contributed by atoms with Gasteiger partial charge < -0.3 is 14.8 Å². The molecule has 21 heavy (non-hydrogen) atoms. The Hall–Kier alpha value is -1.27. The molecule has 0 heterocycles. The topological polar surface area (TPSA) is 30.5 Å². The molecule has 3 nitrogen and oxygen atoms in total. The van der Waals surface area contributed by atoms with Gasteiger partial charge in [0.2, 0.25) is 0 Å². The number of ether oxygens (including phenoxy) is 2. The summed E-state index contributed by atoms with van der Waals surface area (Å²) in [6, 6.07) is 5.76. The summed E-state index contributed by atoms with van der Waals surface area (Å²) in [7, 11) is 0. The molecule has 6 heteroatoms. The molecule has 0 fully saturated rings. The highest BCUT2D eigenvalue weighted by atomic mass is 19.4. The van der Waals surface area contributed by atoms with Crippen molar-refractivity contribution in [2.24, 2.45) is 0 Å². The van der Waals surface area contributed by atoms with Crippen molar-refractivity contribution >= 4 is 0 Å². The van der Waals surface area contributed by atoms with E-state index in [1.165, 1.54) is 0 Å². The van der Waals surface area contributed by atoms with Crippen LogP contribution in [0.4, 0.5) is 13.2 Å². The van der Waals surface area contributed by atoms with Crippen LogP contribution in [-0.4, -0.2) is 32.5 Å². The summed E-state index contributed by atoms with van der Waals surface area (Å²) >= 11 is 0. The molecule has 1 aromatic carbocycles. The third-order valence-corrected chi connectivity index (χ3v) is 2.71. The zero-order valence-corrected chi connectivity index (χ0v) is 12.4. The Morgan fingerprint density at radius 3 is 2.62 bits per heavy atom. The van der Waals surface area contributed by atoms with Crippen LogP contribution in [0.3, 0.4) is 0 Å². The molecule has 120 valence electrons. The van der Waals surface area contributed by atoms with Crippen molar-refractivity contribution in [2.75, 3.05) is 26.4 Å². The van der Waals surface area contributed by atoms with Crippen molar-refractivity contribution in [1.29, 1.82) is 0 Å². The summed E-state index contributed by atoms with van der Waals surface area (Å²) in [6.07, 6.45) is -3.26.